The summed E-state index contributed by atoms with van der Waals surface area (Å²) in [5.74, 6) is 0. The second-order valence-electron chi connectivity index (χ2n) is 6.88. The predicted octanol–water partition coefficient (Wildman–Crippen LogP) is 3.23. The molecule has 0 saturated carbocycles. The average molecular weight is 342 g/mol. The fourth-order valence-electron chi connectivity index (χ4n) is 3.51. The van der Waals surface area contributed by atoms with Crippen LogP contribution < -0.4 is 5.32 Å². The van der Waals surface area contributed by atoms with Crippen LogP contribution in [0.5, 0.6) is 0 Å². The maximum atomic E-state index is 12.3. The number of amides is 2. The summed E-state index contributed by atoms with van der Waals surface area (Å²) in [5.41, 5.74) is 2.42. The first kappa shape index (κ1) is 17.8. The van der Waals surface area contributed by atoms with Crippen molar-refractivity contribution in [2.45, 2.75) is 32.6 Å². The van der Waals surface area contributed by atoms with E-state index in [9.17, 15) is 4.79 Å². The van der Waals surface area contributed by atoms with Crippen molar-refractivity contribution in [3.63, 3.8) is 0 Å². The van der Waals surface area contributed by atoms with E-state index in [1.54, 1.807) is 0 Å². The Hall–Kier alpha value is -2.01. The Morgan fingerprint density at radius 2 is 1.96 bits per heavy atom. The number of aromatic nitrogens is 1. The van der Waals surface area contributed by atoms with Crippen molar-refractivity contribution in [2.75, 3.05) is 39.3 Å². The lowest BCUT2D eigenvalue weighted by molar-refractivity contribution is 0.138. The number of piperazine rings is 1. The number of hydrogen-bond donors (Lipinski definition) is 2. The molecular weight excluding hydrogens is 312 g/mol. The smallest absolute Gasteiger partial charge is 0.317 e. The lowest BCUT2D eigenvalue weighted by atomic mass is 10.1. The maximum absolute atomic E-state index is 12.3. The van der Waals surface area contributed by atoms with Crippen molar-refractivity contribution >= 4 is 16.9 Å². The SMILES string of the molecule is CCCCCN1CCN(C(=O)NCCc2c[nH]c3ccccc23)CC1. The summed E-state index contributed by atoms with van der Waals surface area (Å²) in [4.78, 5) is 20.1. The second kappa shape index (κ2) is 8.90. The van der Waals surface area contributed by atoms with Crippen LogP contribution in [0.15, 0.2) is 30.5 Å². The largest absolute Gasteiger partial charge is 0.361 e. The molecule has 1 aromatic carbocycles. The van der Waals surface area contributed by atoms with Crippen LogP contribution in [-0.4, -0.2) is 60.1 Å². The predicted molar refractivity (Wildman–Crippen MR) is 103 cm³/mol. The molecule has 136 valence electrons. The molecule has 1 aromatic heterocycles. The maximum Gasteiger partial charge on any atom is 0.317 e. The van der Waals surface area contributed by atoms with Crippen LogP contribution in [0, 0.1) is 0 Å². The molecule has 5 heteroatoms. The molecule has 0 radical (unpaired) electrons. The molecule has 3 rings (SSSR count). The summed E-state index contributed by atoms with van der Waals surface area (Å²) in [7, 11) is 0. The van der Waals surface area contributed by atoms with Crippen LogP contribution >= 0.6 is 0 Å². The van der Waals surface area contributed by atoms with Gasteiger partial charge in [0.1, 0.15) is 0 Å². The Balaban J connectivity index is 1.38. The van der Waals surface area contributed by atoms with Gasteiger partial charge in [0, 0.05) is 49.8 Å². The van der Waals surface area contributed by atoms with Crippen LogP contribution in [-0.2, 0) is 6.42 Å². The molecule has 2 N–H and O–H groups in total. The Morgan fingerprint density at radius 3 is 2.76 bits per heavy atom. The van der Waals surface area contributed by atoms with Crippen molar-refractivity contribution in [3.8, 4) is 0 Å². The Morgan fingerprint density at radius 1 is 1.16 bits per heavy atom. The number of aromatic amines is 1. The van der Waals surface area contributed by atoms with Gasteiger partial charge in [0.05, 0.1) is 0 Å². The first-order valence-corrected chi connectivity index (χ1v) is 9.58. The van der Waals surface area contributed by atoms with Crippen molar-refractivity contribution in [1.82, 2.24) is 20.1 Å². The summed E-state index contributed by atoms with van der Waals surface area (Å²) in [6.07, 6.45) is 6.74. The van der Waals surface area contributed by atoms with E-state index in [0.717, 1.165) is 38.1 Å². The number of benzene rings is 1. The highest BCUT2D eigenvalue weighted by Gasteiger charge is 2.20. The second-order valence-corrected chi connectivity index (χ2v) is 6.88. The summed E-state index contributed by atoms with van der Waals surface area (Å²) >= 11 is 0. The van der Waals surface area contributed by atoms with Crippen molar-refractivity contribution in [2.24, 2.45) is 0 Å². The fourth-order valence-corrected chi connectivity index (χ4v) is 3.51. The quantitative estimate of drug-likeness (QED) is 0.759. The number of carbonyl (C=O) groups excluding carboxylic acids is 1. The van der Waals surface area contributed by atoms with Gasteiger partial charge in [-0.25, -0.2) is 4.79 Å². The van der Waals surface area contributed by atoms with Gasteiger partial charge in [-0.2, -0.15) is 0 Å². The number of hydrogen-bond acceptors (Lipinski definition) is 2. The summed E-state index contributed by atoms with van der Waals surface area (Å²) in [5, 5.41) is 4.32. The van der Waals surface area contributed by atoms with E-state index in [1.807, 2.05) is 17.2 Å². The molecule has 1 aliphatic rings. The van der Waals surface area contributed by atoms with E-state index in [0.29, 0.717) is 6.54 Å². The van der Waals surface area contributed by atoms with E-state index in [1.165, 1.54) is 36.8 Å². The number of rotatable bonds is 7. The third-order valence-electron chi connectivity index (χ3n) is 5.08. The Labute approximate surface area is 150 Å². The number of para-hydroxylation sites is 1. The standard InChI is InChI=1S/C20H30N4O/c1-2-3-6-11-23-12-14-24(15-13-23)20(25)21-10-9-17-16-22-19-8-5-4-7-18(17)19/h4-5,7-8,16,22H,2-3,6,9-15H2,1H3,(H,21,25). The highest BCUT2D eigenvalue weighted by molar-refractivity contribution is 5.83. The van der Waals surface area contributed by atoms with Crippen molar-refractivity contribution < 1.29 is 4.79 Å². The third kappa shape index (κ3) is 4.75. The zero-order valence-corrected chi connectivity index (χ0v) is 15.3. The molecular formula is C20H30N4O. The lowest BCUT2D eigenvalue weighted by Crippen LogP contribution is -2.52. The van der Waals surface area contributed by atoms with Gasteiger partial charge >= 0.3 is 6.03 Å². The van der Waals surface area contributed by atoms with Crippen LogP contribution in [0.1, 0.15) is 31.7 Å². The average Bonchev–Trinajstić information content (AvgIpc) is 3.06. The Kier molecular flexibility index (Phi) is 6.34. The van der Waals surface area contributed by atoms with Gasteiger partial charge in [-0.15, -0.1) is 0 Å². The van der Waals surface area contributed by atoms with Gasteiger partial charge in [0.2, 0.25) is 0 Å². The zero-order valence-electron chi connectivity index (χ0n) is 15.3. The number of H-pyrrole nitrogens is 1. The van der Waals surface area contributed by atoms with E-state index in [4.69, 9.17) is 0 Å². The minimum absolute atomic E-state index is 0.0769. The van der Waals surface area contributed by atoms with Crippen LogP contribution in [0.25, 0.3) is 10.9 Å². The zero-order chi connectivity index (χ0) is 17.5. The van der Waals surface area contributed by atoms with E-state index >= 15 is 0 Å². The minimum atomic E-state index is 0.0769. The fraction of sp³-hybridized carbons (Fsp3) is 0.550. The molecule has 0 unspecified atom stereocenters. The molecule has 1 aliphatic heterocycles. The van der Waals surface area contributed by atoms with Crippen LogP contribution in [0.2, 0.25) is 0 Å². The summed E-state index contributed by atoms with van der Waals surface area (Å²) in [6, 6.07) is 8.37. The molecule has 2 amide bonds. The first-order valence-electron chi connectivity index (χ1n) is 9.58. The van der Waals surface area contributed by atoms with Gasteiger partial charge in [-0.3, -0.25) is 4.90 Å². The number of carbonyl (C=O) groups is 1. The molecule has 0 aliphatic carbocycles. The number of urea groups is 1. The summed E-state index contributed by atoms with van der Waals surface area (Å²) in [6.45, 7) is 7.76. The minimum Gasteiger partial charge on any atom is -0.361 e. The molecule has 1 fully saturated rings. The van der Waals surface area contributed by atoms with Gasteiger partial charge in [-0.05, 0) is 31.0 Å². The highest BCUT2D eigenvalue weighted by atomic mass is 16.2. The lowest BCUT2D eigenvalue weighted by Gasteiger charge is -2.34. The van der Waals surface area contributed by atoms with E-state index in [-0.39, 0.29) is 6.03 Å². The van der Waals surface area contributed by atoms with Crippen LogP contribution in [0.4, 0.5) is 4.79 Å². The molecule has 5 nitrogen and oxygen atoms in total. The van der Waals surface area contributed by atoms with Crippen molar-refractivity contribution in [1.29, 1.82) is 0 Å². The van der Waals surface area contributed by atoms with Crippen molar-refractivity contribution in [3.05, 3.63) is 36.0 Å². The molecule has 0 bridgehead atoms. The first-order chi connectivity index (χ1) is 12.3. The van der Waals surface area contributed by atoms with Crippen LogP contribution in [0.3, 0.4) is 0 Å². The molecule has 0 spiro atoms. The van der Waals surface area contributed by atoms with Gasteiger partial charge in [0.15, 0.2) is 0 Å². The van der Waals surface area contributed by atoms with Gasteiger partial charge in [0.25, 0.3) is 0 Å². The van der Waals surface area contributed by atoms with Gasteiger partial charge < -0.3 is 15.2 Å². The molecule has 2 heterocycles. The van der Waals surface area contributed by atoms with E-state index in [2.05, 4.69) is 40.3 Å². The number of nitrogens with one attached hydrogen (secondary N) is 2. The highest BCUT2D eigenvalue weighted by Crippen LogP contribution is 2.17. The van der Waals surface area contributed by atoms with E-state index < -0.39 is 0 Å². The normalized spacial score (nSPS) is 15.6. The molecule has 1 saturated heterocycles. The summed E-state index contributed by atoms with van der Waals surface area (Å²) < 4.78 is 0. The molecule has 0 atom stereocenters. The molecule has 2 aromatic rings. The number of fused-ring (bicyclic) bond motifs is 1. The number of nitrogens with zero attached hydrogens (tertiary/aromatic N) is 2. The molecule has 25 heavy (non-hydrogen) atoms. The van der Waals surface area contributed by atoms with Gasteiger partial charge in [-0.1, -0.05) is 38.0 Å². The Bertz CT molecular complexity index is 673. The topological polar surface area (TPSA) is 51.4 Å². The number of unbranched alkanes of at least 4 members (excludes halogenated alkanes) is 2. The third-order valence-corrected chi connectivity index (χ3v) is 5.08. The monoisotopic (exact) mass is 342 g/mol.